The summed E-state index contributed by atoms with van der Waals surface area (Å²) in [6, 6.07) is 12.4. The minimum absolute atomic E-state index is 0.332. The lowest BCUT2D eigenvalue weighted by atomic mass is 9.78. The van der Waals surface area contributed by atoms with Gasteiger partial charge in [0, 0.05) is 7.05 Å². The number of benzene rings is 2. The molecule has 0 radical (unpaired) electrons. The SMILES string of the molecule is CNc1cccc(C)c1OCc1ccc(B2OC(C)(C)C(C)(C)O2)cc1C. The van der Waals surface area contributed by atoms with Gasteiger partial charge in [0.15, 0.2) is 0 Å². The molecular formula is C22H30BNO3. The molecule has 0 amide bonds. The van der Waals surface area contributed by atoms with E-state index in [1.165, 1.54) is 5.56 Å². The van der Waals surface area contributed by atoms with Crippen LogP contribution in [0.4, 0.5) is 5.69 Å². The zero-order valence-corrected chi connectivity index (χ0v) is 17.5. The molecule has 0 atom stereocenters. The third-order valence-corrected chi connectivity index (χ3v) is 5.75. The van der Waals surface area contributed by atoms with Gasteiger partial charge in [-0.3, -0.25) is 0 Å². The van der Waals surface area contributed by atoms with Gasteiger partial charge in [-0.1, -0.05) is 30.3 Å². The van der Waals surface area contributed by atoms with Gasteiger partial charge in [0.25, 0.3) is 0 Å². The van der Waals surface area contributed by atoms with Crippen molar-refractivity contribution in [1.29, 1.82) is 0 Å². The largest absolute Gasteiger partial charge is 0.494 e. The van der Waals surface area contributed by atoms with Crippen LogP contribution in [0.1, 0.15) is 44.4 Å². The number of hydrogen-bond acceptors (Lipinski definition) is 4. The number of aryl methyl sites for hydroxylation is 2. The van der Waals surface area contributed by atoms with E-state index in [4.69, 9.17) is 14.0 Å². The van der Waals surface area contributed by atoms with Crippen molar-refractivity contribution in [1.82, 2.24) is 0 Å². The van der Waals surface area contributed by atoms with Gasteiger partial charge in [0.05, 0.1) is 16.9 Å². The van der Waals surface area contributed by atoms with E-state index in [2.05, 4.69) is 71.1 Å². The topological polar surface area (TPSA) is 39.7 Å². The van der Waals surface area contributed by atoms with E-state index in [1.54, 1.807) is 0 Å². The van der Waals surface area contributed by atoms with Gasteiger partial charge >= 0.3 is 7.12 Å². The Hall–Kier alpha value is -1.98. The molecule has 1 aliphatic heterocycles. The summed E-state index contributed by atoms with van der Waals surface area (Å²) in [5, 5.41) is 3.19. The van der Waals surface area contributed by atoms with Crippen LogP contribution < -0.4 is 15.5 Å². The quantitative estimate of drug-likeness (QED) is 0.804. The molecule has 0 unspecified atom stereocenters. The molecule has 5 heteroatoms. The van der Waals surface area contributed by atoms with Crippen LogP contribution in [-0.4, -0.2) is 25.4 Å². The number of hydrogen-bond donors (Lipinski definition) is 1. The molecule has 144 valence electrons. The molecule has 1 fully saturated rings. The highest BCUT2D eigenvalue weighted by atomic mass is 16.7. The molecule has 1 heterocycles. The van der Waals surface area contributed by atoms with Crippen molar-refractivity contribution in [2.24, 2.45) is 0 Å². The maximum absolute atomic E-state index is 6.16. The fraction of sp³-hybridized carbons (Fsp3) is 0.455. The van der Waals surface area contributed by atoms with Crippen molar-refractivity contribution < 1.29 is 14.0 Å². The highest BCUT2D eigenvalue weighted by molar-refractivity contribution is 6.62. The fourth-order valence-electron chi connectivity index (χ4n) is 3.20. The Kier molecular flexibility index (Phi) is 5.28. The van der Waals surface area contributed by atoms with Crippen LogP contribution in [0.5, 0.6) is 5.75 Å². The van der Waals surface area contributed by atoms with Gasteiger partial charge in [-0.2, -0.15) is 0 Å². The normalized spacial score (nSPS) is 17.8. The molecule has 4 nitrogen and oxygen atoms in total. The zero-order valence-electron chi connectivity index (χ0n) is 17.5. The van der Waals surface area contributed by atoms with Crippen LogP contribution in [0.25, 0.3) is 0 Å². The first kappa shape index (κ1) is 19.8. The van der Waals surface area contributed by atoms with Crippen molar-refractivity contribution >= 4 is 18.3 Å². The summed E-state index contributed by atoms with van der Waals surface area (Å²) in [7, 11) is 1.57. The number of ether oxygens (including phenoxy) is 1. The van der Waals surface area contributed by atoms with Crippen molar-refractivity contribution in [3.63, 3.8) is 0 Å². The Morgan fingerprint density at radius 1 is 0.963 bits per heavy atom. The third-order valence-electron chi connectivity index (χ3n) is 5.75. The molecule has 0 aliphatic carbocycles. The zero-order chi connectivity index (χ0) is 19.8. The van der Waals surface area contributed by atoms with Gasteiger partial charge in [0.2, 0.25) is 0 Å². The average molecular weight is 367 g/mol. The molecule has 2 aromatic rings. The Morgan fingerprint density at radius 3 is 2.22 bits per heavy atom. The van der Waals surface area contributed by atoms with Crippen LogP contribution in [0.2, 0.25) is 0 Å². The monoisotopic (exact) mass is 367 g/mol. The van der Waals surface area contributed by atoms with Crippen LogP contribution >= 0.6 is 0 Å². The Bertz CT molecular complexity index is 816. The molecule has 0 saturated carbocycles. The van der Waals surface area contributed by atoms with Crippen molar-refractivity contribution in [2.45, 2.75) is 59.4 Å². The summed E-state index contributed by atoms with van der Waals surface area (Å²) in [6.45, 7) is 13.0. The predicted octanol–water partition coefficient (Wildman–Crippen LogP) is 4.22. The fourth-order valence-corrected chi connectivity index (χ4v) is 3.20. The average Bonchev–Trinajstić information content (AvgIpc) is 2.82. The maximum atomic E-state index is 6.16. The third kappa shape index (κ3) is 3.85. The molecule has 2 aromatic carbocycles. The first-order valence-corrected chi connectivity index (χ1v) is 9.50. The Morgan fingerprint density at radius 2 is 1.63 bits per heavy atom. The second-order valence-corrected chi connectivity index (χ2v) is 8.26. The molecule has 0 aromatic heterocycles. The molecule has 1 saturated heterocycles. The second kappa shape index (κ2) is 7.21. The summed E-state index contributed by atoms with van der Waals surface area (Å²) in [4.78, 5) is 0. The first-order chi connectivity index (χ1) is 12.6. The number of rotatable bonds is 5. The maximum Gasteiger partial charge on any atom is 0.494 e. The van der Waals surface area contributed by atoms with Crippen molar-refractivity contribution in [3.8, 4) is 5.75 Å². The van der Waals surface area contributed by atoms with Crippen LogP contribution in [0, 0.1) is 13.8 Å². The van der Waals surface area contributed by atoms with Gasteiger partial charge < -0.3 is 19.4 Å². The lowest BCUT2D eigenvalue weighted by Gasteiger charge is -2.32. The Balaban J connectivity index is 1.75. The predicted molar refractivity (Wildman–Crippen MR) is 112 cm³/mol. The van der Waals surface area contributed by atoms with Crippen LogP contribution in [0.15, 0.2) is 36.4 Å². The van der Waals surface area contributed by atoms with E-state index < -0.39 is 0 Å². The van der Waals surface area contributed by atoms with E-state index in [0.717, 1.165) is 28.0 Å². The smallest absolute Gasteiger partial charge is 0.486 e. The van der Waals surface area contributed by atoms with E-state index >= 15 is 0 Å². The van der Waals surface area contributed by atoms with E-state index in [1.807, 2.05) is 19.2 Å². The highest BCUT2D eigenvalue weighted by Gasteiger charge is 2.51. The number of anilines is 1. The first-order valence-electron chi connectivity index (χ1n) is 9.50. The summed E-state index contributed by atoms with van der Waals surface area (Å²) in [5.74, 6) is 0.898. The summed E-state index contributed by atoms with van der Waals surface area (Å²) >= 11 is 0. The van der Waals surface area contributed by atoms with E-state index in [9.17, 15) is 0 Å². The van der Waals surface area contributed by atoms with Crippen LogP contribution in [-0.2, 0) is 15.9 Å². The number of para-hydroxylation sites is 1. The highest BCUT2D eigenvalue weighted by Crippen LogP contribution is 2.36. The Labute approximate surface area is 163 Å². The molecule has 1 N–H and O–H groups in total. The minimum atomic E-state index is -0.337. The molecule has 27 heavy (non-hydrogen) atoms. The lowest BCUT2D eigenvalue weighted by Crippen LogP contribution is -2.41. The van der Waals surface area contributed by atoms with Crippen molar-refractivity contribution in [2.75, 3.05) is 12.4 Å². The van der Waals surface area contributed by atoms with Gasteiger partial charge in [-0.15, -0.1) is 0 Å². The second-order valence-electron chi connectivity index (χ2n) is 8.26. The van der Waals surface area contributed by atoms with Crippen LogP contribution in [0.3, 0.4) is 0 Å². The van der Waals surface area contributed by atoms with Crippen molar-refractivity contribution in [3.05, 3.63) is 53.1 Å². The molecule has 1 aliphatic rings. The summed E-state index contributed by atoms with van der Waals surface area (Å²) in [5.41, 5.74) is 4.82. The standard InChI is InChI=1S/C22H30BNO3/c1-15-9-8-10-19(24-7)20(15)25-14-17-11-12-18(13-16(17)2)23-26-21(3,4)22(5,6)27-23/h8-13,24H,14H2,1-7H3. The van der Waals surface area contributed by atoms with E-state index in [0.29, 0.717) is 6.61 Å². The minimum Gasteiger partial charge on any atom is -0.486 e. The van der Waals surface area contributed by atoms with Gasteiger partial charge in [0.1, 0.15) is 12.4 Å². The summed E-state index contributed by atoms with van der Waals surface area (Å²) < 4.78 is 18.4. The molecule has 0 spiro atoms. The van der Waals surface area contributed by atoms with Gasteiger partial charge in [-0.25, -0.2) is 0 Å². The number of nitrogens with one attached hydrogen (secondary N) is 1. The summed E-state index contributed by atoms with van der Waals surface area (Å²) in [6.07, 6.45) is 0. The molecule has 3 rings (SSSR count). The van der Waals surface area contributed by atoms with E-state index in [-0.39, 0.29) is 18.3 Å². The molecule has 0 bridgehead atoms. The van der Waals surface area contributed by atoms with Gasteiger partial charge in [-0.05, 0) is 69.8 Å². The molecular weight excluding hydrogens is 337 g/mol. The lowest BCUT2D eigenvalue weighted by molar-refractivity contribution is 0.00578.